The lowest BCUT2D eigenvalue weighted by Crippen LogP contribution is -2.34. The van der Waals surface area contributed by atoms with E-state index in [1.54, 1.807) is 29.1 Å². The van der Waals surface area contributed by atoms with Crippen molar-refractivity contribution in [2.45, 2.75) is 33.6 Å². The molecule has 8 nitrogen and oxygen atoms in total. The number of nitrogens with zero attached hydrogens (tertiary/aromatic N) is 4. The van der Waals surface area contributed by atoms with Crippen LogP contribution in [0.15, 0.2) is 29.6 Å². The molecule has 0 aliphatic heterocycles. The minimum absolute atomic E-state index is 0.262. The van der Waals surface area contributed by atoms with Gasteiger partial charge in [-0.25, -0.2) is 24.6 Å². The first-order valence-corrected chi connectivity index (χ1v) is 11.0. The first-order chi connectivity index (χ1) is 15.2. The summed E-state index contributed by atoms with van der Waals surface area (Å²) in [6.45, 7) is 7.87. The van der Waals surface area contributed by atoms with Gasteiger partial charge in [0.1, 0.15) is 22.5 Å². The van der Waals surface area contributed by atoms with Crippen molar-refractivity contribution < 1.29 is 9.18 Å². The van der Waals surface area contributed by atoms with Crippen molar-refractivity contribution in [3.8, 4) is 10.6 Å². The molecule has 0 bridgehead atoms. The minimum Gasteiger partial charge on any atom is -0.290 e. The molecule has 0 aliphatic rings. The fourth-order valence-electron chi connectivity index (χ4n) is 3.46. The van der Waals surface area contributed by atoms with E-state index in [4.69, 9.17) is 0 Å². The number of hydrogen-bond donors (Lipinski definition) is 3. The quantitative estimate of drug-likeness (QED) is 0.365. The molecule has 32 heavy (non-hydrogen) atoms. The summed E-state index contributed by atoms with van der Waals surface area (Å²) in [5.74, 6) is 0.855. The van der Waals surface area contributed by atoms with Gasteiger partial charge in [-0.3, -0.25) is 15.4 Å². The number of amides is 2. The SMILES string of the molecule is Cc1ccc(-c2nc(NC(=O)NNc3cc(C(C)C)c4c(C)nn(C)c4n3)cs2)cc1F. The Labute approximate surface area is 188 Å². The molecule has 0 atom stereocenters. The summed E-state index contributed by atoms with van der Waals surface area (Å²) in [4.78, 5) is 21.3. The maximum atomic E-state index is 13.8. The number of pyridine rings is 1. The van der Waals surface area contributed by atoms with Crippen molar-refractivity contribution in [1.29, 1.82) is 0 Å². The molecule has 0 saturated carbocycles. The number of rotatable bonds is 5. The lowest BCUT2D eigenvalue weighted by molar-refractivity contribution is 0.253. The third-order valence-electron chi connectivity index (χ3n) is 5.09. The maximum absolute atomic E-state index is 13.8. The van der Waals surface area contributed by atoms with Gasteiger partial charge < -0.3 is 0 Å². The van der Waals surface area contributed by atoms with Gasteiger partial charge in [0, 0.05) is 23.4 Å². The largest absolute Gasteiger partial charge is 0.339 e. The number of thiazole rings is 1. The van der Waals surface area contributed by atoms with Crippen LogP contribution in [0.1, 0.15) is 36.6 Å². The summed E-state index contributed by atoms with van der Waals surface area (Å²) in [6, 6.07) is 6.36. The number of benzene rings is 1. The van der Waals surface area contributed by atoms with Gasteiger partial charge in [0.15, 0.2) is 5.65 Å². The summed E-state index contributed by atoms with van der Waals surface area (Å²) in [5.41, 5.74) is 9.43. The fourth-order valence-corrected chi connectivity index (χ4v) is 4.20. The summed E-state index contributed by atoms with van der Waals surface area (Å²) in [6.07, 6.45) is 0. The molecule has 3 heterocycles. The molecule has 2 amide bonds. The van der Waals surface area contributed by atoms with Gasteiger partial charge in [0.25, 0.3) is 0 Å². The molecular formula is C22H24FN7OS. The smallest absolute Gasteiger partial charge is 0.290 e. The topological polar surface area (TPSA) is 96.8 Å². The number of carbonyl (C=O) groups is 1. The van der Waals surface area contributed by atoms with Crippen LogP contribution in [0, 0.1) is 19.7 Å². The third kappa shape index (κ3) is 4.26. The number of fused-ring (bicyclic) bond motifs is 1. The Hall–Kier alpha value is -3.53. The third-order valence-corrected chi connectivity index (χ3v) is 5.98. The van der Waals surface area contributed by atoms with E-state index in [-0.39, 0.29) is 11.7 Å². The minimum atomic E-state index is -0.494. The van der Waals surface area contributed by atoms with Crippen LogP contribution in [0.2, 0.25) is 0 Å². The number of hydrogen-bond acceptors (Lipinski definition) is 6. The van der Waals surface area contributed by atoms with E-state index in [0.717, 1.165) is 22.3 Å². The maximum Gasteiger partial charge on any atom is 0.339 e. The van der Waals surface area contributed by atoms with Crippen LogP contribution in [0.25, 0.3) is 21.6 Å². The van der Waals surface area contributed by atoms with Crippen molar-refractivity contribution in [2.24, 2.45) is 7.05 Å². The fraction of sp³-hybridized carbons (Fsp3) is 0.273. The average molecular weight is 454 g/mol. The number of nitrogens with one attached hydrogen (secondary N) is 3. The Morgan fingerprint density at radius 1 is 1.16 bits per heavy atom. The van der Waals surface area contributed by atoms with Gasteiger partial charge in [-0.05, 0) is 43.0 Å². The number of aryl methyl sites for hydroxylation is 3. The molecule has 0 aliphatic carbocycles. The second kappa shape index (κ2) is 8.54. The highest BCUT2D eigenvalue weighted by molar-refractivity contribution is 7.13. The van der Waals surface area contributed by atoms with Crippen molar-refractivity contribution in [3.63, 3.8) is 0 Å². The van der Waals surface area contributed by atoms with Gasteiger partial charge in [-0.15, -0.1) is 11.3 Å². The highest BCUT2D eigenvalue weighted by Crippen LogP contribution is 2.29. The first-order valence-electron chi connectivity index (χ1n) is 10.1. The van der Waals surface area contributed by atoms with E-state index in [1.807, 2.05) is 20.0 Å². The Kier molecular flexibility index (Phi) is 5.79. The molecule has 4 rings (SSSR count). The van der Waals surface area contributed by atoms with E-state index in [9.17, 15) is 9.18 Å². The van der Waals surface area contributed by atoms with Gasteiger partial charge in [-0.2, -0.15) is 5.10 Å². The molecule has 3 aromatic heterocycles. The number of urea groups is 1. The van der Waals surface area contributed by atoms with E-state index in [0.29, 0.717) is 27.8 Å². The number of halogens is 1. The zero-order chi connectivity index (χ0) is 23.0. The van der Waals surface area contributed by atoms with Gasteiger partial charge in [-0.1, -0.05) is 26.0 Å². The van der Waals surface area contributed by atoms with E-state index in [2.05, 4.69) is 45.1 Å². The van der Waals surface area contributed by atoms with Gasteiger partial charge in [0.2, 0.25) is 0 Å². The van der Waals surface area contributed by atoms with Gasteiger partial charge in [0.05, 0.1) is 5.69 Å². The molecule has 1 aromatic carbocycles. The Bertz CT molecular complexity index is 1310. The average Bonchev–Trinajstić information content (AvgIpc) is 3.32. The van der Waals surface area contributed by atoms with Crippen LogP contribution in [0.3, 0.4) is 0 Å². The monoisotopic (exact) mass is 453 g/mol. The van der Waals surface area contributed by atoms with Crippen LogP contribution < -0.4 is 16.2 Å². The van der Waals surface area contributed by atoms with Crippen molar-refractivity contribution in [1.82, 2.24) is 25.2 Å². The molecule has 0 unspecified atom stereocenters. The summed E-state index contributed by atoms with van der Waals surface area (Å²) in [5, 5.41) is 10.5. The van der Waals surface area contributed by atoms with E-state index in [1.165, 1.54) is 17.4 Å². The highest BCUT2D eigenvalue weighted by Gasteiger charge is 2.16. The van der Waals surface area contributed by atoms with Crippen LogP contribution in [0.4, 0.5) is 20.8 Å². The zero-order valence-electron chi connectivity index (χ0n) is 18.4. The predicted molar refractivity (Wildman–Crippen MR) is 125 cm³/mol. The first kappa shape index (κ1) is 21.7. The second-order valence-electron chi connectivity index (χ2n) is 7.87. The van der Waals surface area contributed by atoms with Crippen LogP contribution in [0.5, 0.6) is 0 Å². The highest BCUT2D eigenvalue weighted by atomic mass is 32.1. The summed E-state index contributed by atoms with van der Waals surface area (Å²) < 4.78 is 15.6. The van der Waals surface area contributed by atoms with Crippen molar-refractivity contribution >= 4 is 40.0 Å². The van der Waals surface area contributed by atoms with Crippen molar-refractivity contribution in [2.75, 3.05) is 10.7 Å². The molecule has 0 fully saturated rings. The van der Waals surface area contributed by atoms with Crippen LogP contribution in [-0.4, -0.2) is 25.8 Å². The number of carbonyl (C=O) groups excluding carboxylic acids is 1. The standard InChI is InChI=1S/C22H24FN7OS/c1-11(2)15-9-17(24-20-19(15)13(4)29-30(20)5)27-28-22(31)26-18-10-32-21(25-18)14-7-6-12(3)16(23)8-14/h6-11H,1-5H3,(H,24,27)(H2,26,28,31). The summed E-state index contributed by atoms with van der Waals surface area (Å²) in [7, 11) is 1.84. The van der Waals surface area contributed by atoms with Crippen LogP contribution >= 0.6 is 11.3 Å². The Morgan fingerprint density at radius 3 is 2.66 bits per heavy atom. The molecule has 0 spiro atoms. The molecule has 0 saturated heterocycles. The molecular weight excluding hydrogens is 429 g/mol. The normalized spacial score (nSPS) is 11.2. The van der Waals surface area contributed by atoms with Gasteiger partial charge >= 0.3 is 6.03 Å². The van der Waals surface area contributed by atoms with Crippen LogP contribution in [-0.2, 0) is 7.05 Å². The lowest BCUT2D eigenvalue weighted by Gasteiger charge is -2.13. The Balaban J connectivity index is 1.45. The van der Waals surface area contributed by atoms with Crippen molar-refractivity contribution in [3.05, 3.63) is 52.3 Å². The molecule has 3 N–H and O–H groups in total. The summed E-state index contributed by atoms with van der Waals surface area (Å²) >= 11 is 1.32. The number of aromatic nitrogens is 4. The molecule has 0 radical (unpaired) electrons. The lowest BCUT2D eigenvalue weighted by atomic mass is 10.00. The predicted octanol–water partition coefficient (Wildman–Crippen LogP) is 5.12. The second-order valence-corrected chi connectivity index (χ2v) is 8.72. The molecule has 4 aromatic rings. The number of hydrazine groups is 1. The number of anilines is 2. The molecule has 10 heteroatoms. The molecule has 166 valence electrons. The van der Waals surface area contributed by atoms with E-state index < -0.39 is 6.03 Å². The Morgan fingerprint density at radius 2 is 1.94 bits per heavy atom. The van der Waals surface area contributed by atoms with E-state index >= 15 is 0 Å². The zero-order valence-corrected chi connectivity index (χ0v) is 19.3.